The standard InChI is InChI=1S/C17H19NO4/c1-11-9-12(2)16(13(3)10-11)22-15(19)6-7-18-17(20)14-5-4-8-21-14/h4-5,8-10H,6-7H2,1-3H3,(H,18,20). The van der Waals surface area contributed by atoms with Crippen LogP contribution in [0.5, 0.6) is 5.75 Å². The van der Waals surface area contributed by atoms with Gasteiger partial charge in [-0.15, -0.1) is 0 Å². The third-order valence-electron chi connectivity index (χ3n) is 3.18. The van der Waals surface area contributed by atoms with Crippen LogP contribution < -0.4 is 10.1 Å². The number of amides is 1. The largest absolute Gasteiger partial charge is 0.459 e. The van der Waals surface area contributed by atoms with Gasteiger partial charge in [-0.2, -0.15) is 0 Å². The molecule has 0 bridgehead atoms. The van der Waals surface area contributed by atoms with E-state index in [0.717, 1.165) is 16.7 Å². The molecule has 0 aliphatic carbocycles. The molecule has 0 atom stereocenters. The molecule has 1 aromatic heterocycles. The monoisotopic (exact) mass is 301 g/mol. The lowest BCUT2D eigenvalue weighted by Crippen LogP contribution is -2.26. The van der Waals surface area contributed by atoms with Crippen LogP contribution in [0.25, 0.3) is 0 Å². The summed E-state index contributed by atoms with van der Waals surface area (Å²) >= 11 is 0. The molecule has 0 radical (unpaired) electrons. The van der Waals surface area contributed by atoms with Crippen LogP contribution in [-0.4, -0.2) is 18.4 Å². The first-order chi connectivity index (χ1) is 10.5. The van der Waals surface area contributed by atoms with Gasteiger partial charge in [0.15, 0.2) is 5.76 Å². The van der Waals surface area contributed by atoms with Crippen LogP contribution in [0, 0.1) is 20.8 Å². The molecular weight excluding hydrogens is 282 g/mol. The van der Waals surface area contributed by atoms with Crippen LogP contribution >= 0.6 is 0 Å². The highest BCUT2D eigenvalue weighted by Crippen LogP contribution is 2.24. The number of esters is 1. The minimum Gasteiger partial charge on any atom is -0.459 e. The molecule has 1 N–H and O–H groups in total. The summed E-state index contributed by atoms with van der Waals surface area (Å²) in [4.78, 5) is 23.5. The van der Waals surface area contributed by atoms with Crippen molar-refractivity contribution < 1.29 is 18.7 Å². The fourth-order valence-electron chi connectivity index (χ4n) is 2.27. The Labute approximate surface area is 129 Å². The van der Waals surface area contributed by atoms with Crippen molar-refractivity contribution >= 4 is 11.9 Å². The highest BCUT2D eigenvalue weighted by molar-refractivity contribution is 5.91. The molecule has 0 fully saturated rings. The van der Waals surface area contributed by atoms with Crippen molar-refractivity contribution in [2.75, 3.05) is 6.54 Å². The van der Waals surface area contributed by atoms with E-state index in [1.807, 2.05) is 32.9 Å². The van der Waals surface area contributed by atoms with Gasteiger partial charge in [-0.25, -0.2) is 0 Å². The van der Waals surface area contributed by atoms with Crippen molar-refractivity contribution in [3.8, 4) is 5.75 Å². The molecule has 1 heterocycles. The summed E-state index contributed by atoms with van der Waals surface area (Å²) < 4.78 is 10.4. The molecule has 5 nitrogen and oxygen atoms in total. The number of nitrogens with one attached hydrogen (secondary N) is 1. The molecule has 0 spiro atoms. The normalized spacial score (nSPS) is 10.3. The second-order valence-corrected chi connectivity index (χ2v) is 5.19. The molecular formula is C17H19NO4. The summed E-state index contributed by atoms with van der Waals surface area (Å²) in [6, 6.07) is 7.13. The smallest absolute Gasteiger partial charge is 0.312 e. The van der Waals surface area contributed by atoms with Gasteiger partial charge in [0.05, 0.1) is 12.7 Å². The number of benzene rings is 1. The Balaban J connectivity index is 1.85. The maximum absolute atomic E-state index is 11.9. The number of rotatable bonds is 5. The highest BCUT2D eigenvalue weighted by Gasteiger charge is 2.12. The first-order valence-corrected chi connectivity index (χ1v) is 7.07. The SMILES string of the molecule is Cc1cc(C)c(OC(=O)CCNC(=O)c2ccco2)c(C)c1. The van der Waals surface area contributed by atoms with Gasteiger partial charge in [0.25, 0.3) is 5.91 Å². The van der Waals surface area contributed by atoms with Crippen LogP contribution in [0.3, 0.4) is 0 Å². The third kappa shape index (κ3) is 3.97. The van der Waals surface area contributed by atoms with Crippen molar-refractivity contribution in [2.24, 2.45) is 0 Å². The van der Waals surface area contributed by atoms with Gasteiger partial charge < -0.3 is 14.5 Å². The van der Waals surface area contributed by atoms with Gasteiger partial charge >= 0.3 is 5.97 Å². The van der Waals surface area contributed by atoms with Crippen molar-refractivity contribution in [3.05, 3.63) is 53.0 Å². The summed E-state index contributed by atoms with van der Waals surface area (Å²) in [5.74, 6) is 0.0850. The Hall–Kier alpha value is -2.56. The zero-order valence-electron chi connectivity index (χ0n) is 12.9. The molecule has 22 heavy (non-hydrogen) atoms. The average Bonchev–Trinajstić information content (AvgIpc) is 2.97. The molecule has 0 saturated heterocycles. The predicted molar refractivity (Wildman–Crippen MR) is 81.9 cm³/mol. The number of carbonyl (C=O) groups excluding carboxylic acids is 2. The van der Waals surface area contributed by atoms with E-state index in [4.69, 9.17) is 9.15 Å². The Bertz CT molecular complexity index is 651. The highest BCUT2D eigenvalue weighted by atomic mass is 16.5. The van der Waals surface area contributed by atoms with Gasteiger partial charge in [0.1, 0.15) is 5.75 Å². The zero-order valence-corrected chi connectivity index (χ0v) is 12.9. The van der Waals surface area contributed by atoms with E-state index < -0.39 is 0 Å². The number of hydrogen-bond acceptors (Lipinski definition) is 4. The lowest BCUT2D eigenvalue weighted by Gasteiger charge is -2.11. The van der Waals surface area contributed by atoms with E-state index in [2.05, 4.69) is 5.32 Å². The van der Waals surface area contributed by atoms with Crippen LogP contribution in [0.4, 0.5) is 0 Å². The number of ether oxygens (including phenoxy) is 1. The van der Waals surface area contributed by atoms with E-state index in [9.17, 15) is 9.59 Å². The first kappa shape index (κ1) is 15.8. The maximum atomic E-state index is 11.9. The fraction of sp³-hybridized carbons (Fsp3) is 0.294. The molecule has 5 heteroatoms. The summed E-state index contributed by atoms with van der Waals surface area (Å²) in [5, 5.41) is 2.61. The lowest BCUT2D eigenvalue weighted by atomic mass is 10.1. The minimum absolute atomic E-state index is 0.0964. The fourth-order valence-corrected chi connectivity index (χ4v) is 2.27. The Kier molecular flexibility index (Phi) is 4.99. The third-order valence-corrected chi connectivity index (χ3v) is 3.18. The van der Waals surface area contributed by atoms with Crippen LogP contribution in [0.15, 0.2) is 34.9 Å². The van der Waals surface area contributed by atoms with E-state index >= 15 is 0 Å². The lowest BCUT2D eigenvalue weighted by molar-refractivity contribution is -0.134. The molecule has 2 rings (SSSR count). The average molecular weight is 301 g/mol. The zero-order chi connectivity index (χ0) is 16.1. The minimum atomic E-state index is -0.380. The van der Waals surface area contributed by atoms with E-state index in [1.54, 1.807) is 12.1 Å². The quantitative estimate of drug-likeness (QED) is 0.681. The van der Waals surface area contributed by atoms with Crippen LogP contribution in [-0.2, 0) is 4.79 Å². The summed E-state index contributed by atoms with van der Waals surface area (Å²) in [6.45, 7) is 6.00. The van der Waals surface area contributed by atoms with Crippen LogP contribution in [0.1, 0.15) is 33.7 Å². The van der Waals surface area contributed by atoms with Crippen molar-refractivity contribution in [3.63, 3.8) is 0 Å². The van der Waals surface area contributed by atoms with Gasteiger partial charge in [0, 0.05) is 6.54 Å². The van der Waals surface area contributed by atoms with E-state index in [-0.39, 0.29) is 30.6 Å². The number of carbonyl (C=O) groups is 2. The summed E-state index contributed by atoms with van der Waals surface area (Å²) in [7, 11) is 0. The van der Waals surface area contributed by atoms with Crippen molar-refractivity contribution in [1.82, 2.24) is 5.32 Å². The molecule has 1 amide bonds. The van der Waals surface area contributed by atoms with E-state index in [1.165, 1.54) is 6.26 Å². The number of furan rings is 1. The summed E-state index contributed by atoms with van der Waals surface area (Å²) in [6.07, 6.45) is 1.52. The Morgan fingerprint density at radius 2 is 1.86 bits per heavy atom. The predicted octanol–water partition coefficient (Wildman–Crippen LogP) is 2.93. The van der Waals surface area contributed by atoms with Gasteiger partial charge in [0.2, 0.25) is 0 Å². The van der Waals surface area contributed by atoms with Gasteiger partial charge in [-0.3, -0.25) is 9.59 Å². The molecule has 0 saturated carbocycles. The number of hydrogen-bond donors (Lipinski definition) is 1. The van der Waals surface area contributed by atoms with Crippen molar-refractivity contribution in [2.45, 2.75) is 27.2 Å². The maximum Gasteiger partial charge on any atom is 0.312 e. The second-order valence-electron chi connectivity index (χ2n) is 5.19. The van der Waals surface area contributed by atoms with E-state index in [0.29, 0.717) is 5.75 Å². The Morgan fingerprint density at radius 1 is 1.18 bits per heavy atom. The molecule has 0 aliphatic heterocycles. The van der Waals surface area contributed by atoms with Crippen LogP contribution in [0.2, 0.25) is 0 Å². The molecule has 0 unspecified atom stereocenters. The molecule has 1 aromatic carbocycles. The molecule has 0 aliphatic rings. The molecule has 116 valence electrons. The summed E-state index contributed by atoms with van der Waals surface area (Å²) in [5.41, 5.74) is 2.97. The van der Waals surface area contributed by atoms with Gasteiger partial charge in [-0.05, 0) is 44.0 Å². The van der Waals surface area contributed by atoms with Crippen molar-refractivity contribution in [1.29, 1.82) is 0 Å². The molecule has 2 aromatic rings. The number of aryl methyl sites for hydroxylation is 3. The topological polar surface area (TPSA) is 68.5 Å². The first-order valence-electron chi connectivity index (χ1n) is 7.07. The van der Waals surface area contributed by atoms with Gasteiger partial charge in [-0.1, -0.05) is 17.7 Å². The second kappa shape index (κ2) is 6.93. The Morgan fingerprint density at radius 3 is 2.45 bits per heavy atom.